The Kier molecular flexibility index (Phi) is 3.63. The number of hydrogen-bond acceptors (Lipinski definition) is 3. The first-order chi connectivity index (χ1) is 7.47. The molecule has 3 heteroatoms. The topological polar surface area (TPSA) is 18.5 Å². The van der Waals surface area contributed by atoms with E-state index in [1.165, 1.54) is 0 Å². The largest absolute Gasteiger partial charge is 0.485 e. The molecule has 2 heterocycles. The average molecular weight is 220 g/mol. The Morgan fingerprint density at radius 2 is 1.13 bits per heavy atom. The first kappa shape index (κ1) is 10.1. The molecule has 0 fully saturated rings. The van der Waals surface area contributed by atoms with Crippen LogP contribution < -0.4 is 9.47 Å². The summed E-state index contributed by atoms with van der Waals surface area (Å²) in [7, 11) is 0. The predicted octanol–water partition coefficient (Wildman–Crippen LogP) is 3.21. The number of ether oxygens (including phenoxy) is 2. The van der Waals surface area contributed by atoms with E-state index >= 15 is 0 Å². The van der Waals surface area contributed by atoms with E-state index < -0.39 is 0 Å². The first-order valence-corrected chi connectivity index (χ1v) is 5.73. The minimum absolute atomic E-state index is 0.684. The smallest absolute Gasteiger partial charge is 0.172 e. The minimum Gasteiger partial charge on any atom is -0.485 e. The van der Waals surface area contributed by atoms with Crippen LogP contribution in [0.15, 0.2) is 47.2 Å². The van der Waals surface area contributed by atoms with Crippen molar-refractivity contribution in [3.8, 4) is 11.5 Å². The maximum atomic E-state index is 5.25. The van der Waals surface area contributed by atoms with Crippen molar-refractivity contribution in [2.24, 2.45) is 0 Å². The summed E-state index contributed by atoms with van der Waals surface area (Å²) in [6.45, 7) is 1.37. The molecule has 1 aromatic carbocycles. The molecule has 3 rings (SSSR count). The van der Waals surface area contributed by atoms with Crippen molar-refractivity contribution in [1.29, 1.82) is 0 Å². The lowest BCUT2D eigenvalue weighted by Gasteiger charge is -2.13. The molecule has 78 valence electrons. The summed E-state index contributed by atoms with van der Waals surface area (Å²) in [5.74, 6) is 1.79. The van der Waals surface area contributed by atoms with Crippen molar-refractivity contribution in [3.63, 3.8) is 0 Å². The Hall–Kier alpha value is -1.48. The summed E-state index contributed by atoms with van der Waals surface area (Å²) in [6, 6.07) is 12.0. The molecule has 2 aromatic rings. The highest BCUT2D eigenvalue weighted by Crippen LogP contribution is 2.33. The van der Waals surface area contributed by atoms with E-state index in [0.29, 0.717) is 13.2 Å². The Morgan fingerprint density at radius 3 is 1.53 bits per heavy atom. The number of benzene rings is 1. The zero-order chi connectivity index (χ0) is 10.3. The molecule has 0 bridgehead atoms. The highest BCUT2D eigenvalue weighted by molar-refractivity contribution is 7.08. The highest BCUT2D eigenvalue weighted by atomic mass is 32.1. The van der Waals surface area contributed by atoms with Gasteiger partial charge in [-0.2, -0.15) is 0 Å². The van der Waals surface area contributed by atoms with Crippen LogP contribution in [0.2, 0.25) is 0 Å². The van der Waals surface area contributed by atoms with Crippen molar-refractivity contribution in [2.45, 2.75) is 0 Å². The monoisotopic (exact) mass is 220 g/mol. The lowest BCUT2D eigenvalue weighted by atomic mass is 10.4. The molecule has 0 radical (unpaired) electrons. The molecule has 15 heavy (non-hydrogen) atoms. The second kappa shape index (κ2) is 5.41. The zero-order valence-electron chi connectivity index (χ0n) is 8.26. The fourth-order valence-corrected chi connectivity index (χ4v) is 1.86. The van der Waals surface area contributed by atoms with Crippen LogP contribution >= 0.6 is 11.3 Å². The second-order valence-corrected chi connectivity index (χ2v) is 3.70. The summed E-state index contributed by atoms with van der Waals surface area (Å²) < 4.78 is 10.5. The van der Waals surface area contributed by atoms with Crippen molar-refractivity contribution >= 4 is 11.3 Å². The van der Waals surface area contributed by atoms with Crippen LogP contribution in [0.4, 0.5) is 0 Å². The molecule has 2 nitrogen and oxygen atoms in total. The maximum absolute atomic E-state index is 5.25. The molecular formula is C12H12O2S. The number of rotatable bonds is 0. The normalized spacial score (nSPS) is 12.5. The number of hydrogen-bond donors (Lipinski definition) is 0. The molecule has 0 aliphatic carbocycles. The van der Waals surface area contributed by atoms with Crippen molar-refractivity contribution in [3.05, 3.63) is 47.2 Å². The Bertz CT molecular complexity index is 336. The van der Waals surface area contributed by atoms with Gasteiger partial charge in [0.25, 0.3) is 0 Å². The minimum atomic E-state index is 0.684. The first-order valence-electron chi connectivity index (χ1n) is 4.78. The van der Waals surface area contributed by atoms with Crippen LogP contribution in [-0.4, -0.2) is 13.2 Å². The molecular weight excluding hydrogens is 208 g/mol. The van der Waals surface area contributed by atoms with Crippen LogP contribution in [0, 0.1) is 0 Å². The van der Waals surface area contributed by atoms with E-state index in [1.54, 1.807) is 11.3 Å². The van der Waals surface area contributed by atoms with E-state index in [4.69, 9.17) is 9.47 Å². The van der Waals surface area contributed by atoms with E-state index in [1.807, 2.05) is 47.2 Å². The number of fused-ring (bicyclic) bond motifs is 1. The van der Waals surface area contributed by atoms with Gasteiger partial charge in [0.2, 0.25) is 0 Å². The summed E-state index contributed by atoms with van der Waals surface area (Å²) in [6.07, 6.45) is 0. The molecule has 0 saturated carbocycles. The molecule has 0 spiro atoms. The van der Waals surface area contributed by atoms with Gasteiger partial charge >= 0.3 is 0 Å². The molecule has 1 aliphatic rings. The van der Waals surface area contributed by atoms with E-state index in [-0.39, 0.29) is 0 Å². The average Bonchev–Trinajstić information content (AvgIpc) is 2.80. The van der Waals surface area contributed by atoms with Gasteiger partial charge in [0.05, 0.1) is 0 Å². The highest BCUT2D eigenvalue weighted by Gasteiger charge is 2.10. The van der Waals surface area contributed by atoms with Crippen molar-refractivity contribution in [2.75, 3.05) is 13.2 Å². The molecule has 0 N–H and O–H groups in total. The Balaban J connectivity index is 0.000000124. The molecule has 1 aliphatic heterocycles. The third-order valence-electron chi connectivity index (χ3n) is 1.86. The summed E-state index contributed by atoms with van der Waals surface area (Å²) in [5.41, 5.74) is 0. The van der Waals surface area contributed by atoms with Crippen LogP contribution in [0.25, 0.3) is 0 Å². The molecule has 0 unspecified atom stereocenters. The maximum Gasteiger partial charge on any atom is 0.172 e. The van der Waals surface area contributed by atoms with Gasteiger partial charge in [0.15, 0.2) is 11.5 Å². The van der Waals surface area contributed by atoms with Gasteiger partial charge in [-0.1, -0.05) is 36.4 Å². The van der Waals surface area contributed by atoms with Gasteiger partial charge < -0.3 is 9.47 Å². The summed E-state index contributed by atoms with van der Waals surface area (Å²) in [5, 5.41) is 3.91. The third-order valence-corrected chi connectivity index (χ3v) is 2.56. The third kappa shape index (κ3) is 2.99. The fourth-order valence-electron chi connectivity index (χ4n) is 1.17. The Morgan fingerprint density at radius 1 is 0.733 bits per heavy atom. The molecule has 0 saturated heterocycles. The van der Waals surface area contributed by atoms with Gasteiger partial charge in [-0.15, -0.1) is 11.3 Å². The standard InChI is InChI=1S/C6H6O2S.C6H6/c1-2-8-6-4-9-3-5(6)7-1;1-2-4-6-5-3-1/h3-4H,1-2H2;1-6H. The molecule has 0 atom stereocenters. The zero-order valence-corrected chi connectivity index (χ0v) is 9.07. The van der Waals surface area contributed by atoms with E-state index in [2.05, 4.69) is 0 Å². The lowest BCUT2D eigenvalue weighted by Crippen LogP contribution is -2.13. The van der Waals surface area contributed by atoms with Gasteiger partial charge in [0.1, 0.15) is 13.2 Å². The lowest BCUT2D eigenvalue weighted by molar-refractivity contribution is 0.173. The SMILES string of the molecule is c1ccccc1.c1scc2c1OCCO2. The van der Waals surface area contributed by atoms with Crippen molar-refractivity contribution in [1.82, 2.24) is 0 Å². The van der Waals surface area contributed by atoms with Crippen LogP contribution in [0.3, 0.4) is 0 Å². The van der Waals surface area contributed by atoms with E-state index in [0.717, 1.165) is 11.5 Å². The van der Waals surface area contributed by atoms with Gasteiger partial charge in [-0.25, -0.2) is 0 Å². The molecule has 0 amide bonds. The van der Waals surface area contributed by atoms with Gasteiger partial charge in [-0.05, 0) is 0 Å². The van der Waals surface area contributed by atoms with Gasteiger partial charge in [-0.3, -0.25) is 0 Å². The quantitative estimate of drug-likeness (QED) is 0.678. The van der Waals surface area contributed by atoms with Crippen LogP contribution in [0.5, 0.6) is 11.5 Å². The fraction of sp³-hybridized carbons (Fsp3) is 0.167. The van der Waals surface area contributed by atoms with Crippen molar-refractivity contribution < 1.29 is 9.47 Å². The molecule has 1 aromatic heterocycles. The summed E-state index contributed by atoms with van der Waals surface area (Å²) in [4.78, 5) is 0. The number of thiophene rings is 1. The predicted molar refractivity (Wildman–Crippen MR) is 61.8 cm³/mol. The van der Waals surface area contributed by atoms with Crippen LogP contribution in [0.1, 0.15) is 0 Å². The second-order valence-electron chi connectivity index (χ2n) is 2.95. The summed E-state index contributed by atoms with van der Waals surface area (Å²) >= 11 is 1.61. The van der Waals surface area contributed by atoms with E-state index in [9.17, 15) is 0 Å². The Labute approximate surface area is 93.1 Å². The van der Waals surface area contributed by atoms with Crippen LogP contribution in [-0.2, 0) is 0 Å². The van der Waals surface area contributed by atoms with Gasteiger partial charge in [0, 0.05) is 10.8 Å².